The number of likely N-dealkylation sites (tertiary alicyclic amines) is 1. The standard InChI is InChI=1S/C23H30BNO7/c1-30-12-13-9-17-20(23(28)25(22(17)27)14-5-3-2-4-6-14)16-10-19(32-24(29)21(13)16)18-8-7-15(11-26)31-18/h7-8,14,16-17,19-20,26,29H,2-6,9-12H2,1H3/t16-,17-,19-,20+/m0/s1. The highest BCUT2D eigenvalue weighted by Gasteiger charge is 2.59. The highest BCUT2D eigenvalue weighted by Crippen LogP contribution is 2.52. The summed E-state index contributed by atoms with van der Waals surface area (Å²) in [5.41, 5.74) is 1.54. The Labute approximate surface area is 187 Å². The van der Waals surface area contributed by atoms with Gasteiger partial charge in [0.1, 0.15) is 24.2 Å². The first kappa shape index (κ1) is 21.9. The van der Waals surface area contributed by atoms with Gasteiger partial charge in [0, 0.05) is 13.2 Å². The molecule has 2 amide bonds. The van der Waals surface area contributed by atoms with Crippen LogP contribution in [0.4, 0.5) is 0 Å². The Bertz CT molecular complexity index is 921. The number of nitrogens with zero attached hydrogens (tertiary/aromatic N) is 1. The summed E-state index contributed by atoms with van der Waals surface area (Å²) < 4.78 is 16.9. The molecule has 32 heavy (non-hydrogen) atoms. The lowest BCUT2D eigenvalue weighted by molar-refractivity contribution is -0.143. The number of carbonyl (C=O) groups is 2. The van der Waals surface area contributed by atoms with E-state index in [1.165, 1.54) is 0 Å². The first-order valence-corrected chi connectivity index (χ1v) is 11.6. The van der Waals surface area contributed by atoms with Crippen molar-refractivity contribution >= 4 is 18.9 Å². The molecule has 0 aromatic carbocycles. The fourth-order valence-electron chi connectivity index (χ4n) is 6.28. The van der Waals surface area contributed by atoms with Crippen LogP contribution in [-0.2, 0) is 25.6 Å². The molecule has 4 aliphatic rings. The van der Waals surface area contributed by atoms with Crippen LogP contribution in [0.5, 0.6) is 0 Å². The van der Waals surface area contributed by atoms with Gasteiger partial charge in [0.25, 0.3) is 0 Å². The molecule has 0 spiro atoms. The van der Waals surface area contributed by atoms with Gasteiger partial charge >= 0.3 is 7.12 Å². The number of fused-ring (bicyclic) bond motifs is 3. The topological polar surface area (TPSA) is 109 Å². The molecule has 3 heterocycles. The number of allylic oxidation sites excluding steroid dienone is 1. The highest BCUT2D eigenvalue weighted by atomic mass is 16.5. The largest absolute Gasteiger partial charge is 0.487 e. The van der Waals surface area contributed by atoms with Crippen molar-refractivity contribution in [3.63, 3.8) is 0 Å². The summed E-state index contributed by atoms with van der Waals surface area (Å²) in [4.78, 5) is 28.6. The smallest absolute Gasteiger partial charge is 0.461 e. The van der Waals surface area contributed by atoms with Crippen LogP contribution >= 0.6 is 0 Å². The first-order valence-electron chi connectivity index (χ1n) is 11.6. The monoisotopic (exact) mass is 443 g/mol. The molecule has 8 nitrogen and oxygen atoms in total. The molecular formula is C23H30BNO7. The van der Waals surface area contributed by atoms with E-state index in [9.17, 15) is 19.7 Å². The molecule has 1 saturated carbocycles. The molecule has 172 valence electrons. The van der Waals surface area contributed by atoms with Crippen molar-refractivity contribution in [1.29, 1.82) is 0 Å². The second-order valence-corrected chi connectivity index (χ2v) is 9.45. The Kier molecular flexibility index (Phi) is 6.00. The van der Waals surface area contributed by atoms with E-state index in [1.54, 1.807) is 24.1 Å². The molecule has 2 aliphatic heterocycles. The molecule has 1 aromatic heterocycles. The normalized spacial score (nSPS) is 31.3. The molecular weight excluding hydrogens is 413 g/mol. The Morgan fingerprint density at radius 2 is 1.94 bits per heavy atom. The second-order valence-electron chi connectivity index (χ2n) is 9.45. The van der Waals surface area contributed by atoms with E-state index in [1.807, 2.05) is 0 Å². The van der Waals surface area contributed by atoms with Gasteiger partial charge in [-0.15, -0.1) is 0 Å². The van der Waals surface area contributed by atoms with Gasteiger partial charge in [-0.05, 0) is 54.8 Å². The van der Waals surface area contributed by atoms with Crippen molar-refractivity contribution in [2.45, 2.75) is 63.7 Å². The summed E-state index contributed by atoms with van der Waals surface area (Å²) >= 11 is 0. The second kappa shape index (κ2) is 8.78. The zero-order valence-corrected chi connectivity index (χ0v) is 18.4. The third-order valence-electron chi connectivity index (χ3n) is 7.66. The number of aliphatic hydroxyl groups is 1. The average Bonchev–Trinajstić information content (AvgIpc) is 3.37. The third-order valence-corrected chi connectivity index (χ3v) is 7.66. The molecule has 9 heteroatoms. The lowest BCUT2D eigenvalue weighted by Crippen LogP contribution is -2.45. The summed E-state index contributed by atoms with van der Waals surface area (Å²) in [6.07, 6.45) is 5.26. The Morgan fingerprint density at radius 3 is 2.62 bits per heavy atom. The van der Waals surface area contributed by atoms with Gasteiger partial charge in [0.15, 0.2) is 0 Å². The Balaban J connectivity index is 1.49. The van der Waals surface area contributed by atoms with Gasteiger partial charge in [-0.3, -0.25) is 14.5 Å². The number of rotatable bonds is 5. The zero-order chi connectivity index (χ0) is 22.4. The fraction of sp³-hybridized carbons (Fsp3) is 0.652. The van der Waals surface area contributed by atoms with Gasteiger partial charge in [-0.25, -0.2) is 0 Å². The highest BCUT2D eigenvalue weighted by molar-refractivity contribution is 6.53. The van der Waals surface area contributed by atoms with Gasteiger partial charge in [-0.1, -0.05) is 19.3 Å². The number of ether oxygens (including phenoxy) is 1. The van der Waals surface area contributed by atoms with Crippen LogP contribution < -0.4 is 0 Å². The van der Waals surface area contributed by atoms with Crippen molar-refractivity contribution in [2.75, 3.05) is 13.7 Å². The van der Waals surface area contributed by atoms with E-state index >= 15 is 0 Å². The van der Waals surface area contributed by atoms with Crippen molar-refractivity contribution in [3.8, 4) is 0 Å². The van der Waals surface area contributed by atoms with Gasteiger partial charge in [-0.2, -0.15) is 0 Å². The Hall–Kier alpha value is -1.94. The minimum atomic E-state index is -1.20. The fourth-order valence-corrected chi connectivity index (χ4v) is 6.28. The molecule has 1 aromatic rings. The van der Waals surface area contributed by atoms with Gasteiger partial charge < -0.3 is 23.9 Å². The maximum atomic E-state index is 13.6. The molecule has 2 aliphatic carbocycles. The quantitative estimate of drug-likeness (QED) is 0.530. The van der Waals surface area contributed by atoms with E-state index in [4.69, 9.17) is 13.8 Å². The van der Waals surface area contributed by atoms with Crippen LogP contribution in [0.3, 0.4) is 0 Å². The van der Waals surface area contributed by atoms with Crippen molar-refractivity contribution < 1.29 is 33.5 Å². The number of hydrogen-bond donors (Lipinski definition) is 2. The summed E-state index contributed by atoms with van der Waals surface area (Å²) in [5.74, 6) is -0.487. The molecule has 2 N–H and O–H groups in total. The predicted molar refractivity (Wildman–Crippen MR) is 114 cm³/mol. The van der Waals surface area contributed by atoms with Crippen LogP contribution in [0.25, 0.3) is 0 Å². The zero-order valence-electron chi connectivity index (χ0n) is 18.4. The van der Waals surface area contributed by atoms with E-state index in [0.717, 1.165) is 37.7 Å². The van der Waals surface area contributed by atoms with E-state index in [-0.39, 0.29) is 30.4 Å². The summed E-state index contributed by atoms with van der Waals surface area (Å²) in [5, 5.41) is 20.3. The van der Waals surface area contributed by atoms with Crippen molar-refractivity contribution in [2.24, 2.45) is 17.8 Å². The number of amides is 2. The predicted octanol–water partition coefficient (Wildman–Crippen LogP) is 2.15. The number of hydrogen-bond acceptors (Lipinski definition) is 7. The molecule has 0 bridgehead atoms. The summed E-state index contributed by atoms with van der Waals surface area (Å²) in [6.45, 7) is 0.0658. The molecule has 0 radical (unpaired) electrons. The van der Waals surface area contributed by atoms with Gasteiger partial charge in [0.05, 0.1) is 18.4 Å². The maximum absolute atomic E-state index is 13.6. The lowest BCUT2D eigenvalue weighted by Gasteiger charge is -2.41. The van der Waals surface area contributed by atoms with E-state index in [0.29, 0.717) is 36.4 Å². The SMILES string of the molecule is COCC1=C2B(O)O[C@H](c3ccc(CO)o3)C[C@H]2[C@H]2C(=O)N(C3CCCCC3)C(=O)[C@H]2C1. The number of imide groups is 1. The van der Waals surface area contributed by atoms with E-state index < -0.39 is 25.1 Å². The number of carbonyl (C=O) groups excluding carboxylic acids is 2. The summed E-state index contributed by atoms with van der Waals surface area (Å²) in [6, 6.07) is 3.39. The lowest BCUT2D eigenvalue weighted by atomic mass is 9.55. The van der Waals surface area contributed by atoms with Crippen molar-refractivity contribution in [3.05, 3.63) is 34.7 Å². The van der Waals surface area contributed by atoms with E-state index in [2.05, 4.69) is 0 Å². The van der Waals surface area contributed by atoms with Gasteiger partial charge in [0.2, 0.25) is 11.8 Å². The molecule has 5 rings (SSSR count). The molecule has 3 fully saturated rings. The minimum Gasteiger partial charge on any atom is -0.461 e. The van der Waals surface area contributed by atoms with Crippen LogP contribution in [-0.4, -0.2) is 53.7 Å². The number of aliphatic hydroxyl groups excluding tert-OH is 1. The number of methoxy groups -OCH3 is 1. The Morgan fingerprint density at radius 1 is 1.16 bits per heavy atom. The first-order chi connectivity index (χ1) is 15.5. The third kappa shape index (κ3) is 3.55. The molecule has 4 atom stereocenters. The van der Waals surface area contributed by atoms with Crippen LogP contribution in [0.1, 0.15) is 62.6 Å². The van der Waals surface area contributed by atoms with Crippen molar-refractivity contribution in [1.82, 2.24) is 4.90 Å². The maximum Gasteiger partial charge on any atom is 0.487 e. The minimum absolute atomic E-state index is 0.0126. The summed E-state index contributed by atoms with van der Waals surface area (Å²) in [7, 11) is 0.391. The average molecular weight is 443 g/mol. The van der Waals surface area contributed by atoms with Crippen LogP contribution in [0.2, 0.25) is 0 Å². The number of furan rings is 1. The molecule has 0 unspecified atom stereocenters. The molecule has 2 saturated heterocycles. The van der Waals surface area contributed by atoms with Crippen LogP contribution in [0.15, 0.2) is 27.6 Å². The van der Waals surface area contributed by atoms with Crippen LogP contribution in [0, 0.1) is 17.8 Å².